The van der Waals surface area contributed by atoms with Gasteiger partial charge in [-0.3, -0.25) is 4.79 Å². The molecule has 1 aliphatic heterocycles. The van der Waals surface area contributed by atoms with Gasteiger partial charge in [0.1, 0.15) is 0 Å². The Kier molecular flexibility index (Phi) is 4.78. The van der Waals surface area contributed by atoms with E-state index >= 15 is 0 Å². The zero-order chi connectivity index (χ0) is 13.0. The van der Waals surface area contributed by atoms with Gasteiger partial charge in [0, 0.05) is 19.1 Å². The molecule has 0 bridgehead atoms. The summed E-state index contributed by atoms with van der Waals surface area (Å²) < 4.78 is 0. The topological polar surface area (TPSA) is 69.6 Å². The van der Waals surface area contributed by atoms with E-state index in [0.717, 1.165) is 12.8 Å². The molecule has 1 saturated heterocycles. The van der Waals surface area contributed by atoms with Crippen molar-refractivity contribution in [2.75, 3.05) is 13.1 Å². The molecule has 98 valence electrons. The summed E-state index contributed by atoms with van der Waals surface area (Å²) in [6.45, 7) is 6.76. The normalized spacial score (nSPS) is 25.7. The average Bonchev–Trinajstić information content (AvgIpc) is 2.60. The molecule has 2 N–H and O–H groups in total. The molecule has 0 radical (unpaired) electrons. The summed E-state index contributed by atoms with van der Waals surface area (Å²) in [7, 11) is 0. The van der Waals surface area contributed by atoms with Crippen molar-refractivity contribution in [1.82, 2.24) is 10.2 Å². The number of carbonyl (C=O) groups excluding carboxylic acids is 1. The van der Waals surface area contributed by atoms with Crippen LogP contribution in [0.4, 0.5) is 4.79 Å². The molecule has 0 aromatic heterocycles. The van der Waals surface area contributed by atoms with Gasteiger partial charge >= 0.3 is 12.0 Å². The Morgan fingerprint density at radius 2 is 2.12 bits per heavy atom. The van der Waals surface area contributed by atoms with Gasteiger partial charge in [0.05, 0.1) is 5.92 Å². The second-order valence-corrected chi connectivity index (χ2v) is 4.97. The Hall–Kier alpha value is -1.26. The highest BCUT2D eigenvalue weighted by molar-refractivity contribution is 5.77. The molecule has 1 heterocycles. The molecule has 1 aliphatic rings. The highest BCUT2D eigenvalue weighted by atomic mass is 16.4. The molecule has 5 heteroatoms. The van der Waals surface area contributed by atoms with Gasteiger partial charge in [-0.2, -0.15) is 0 Å². The largest absolute Gasteiger partial charge is 0.481 e. The summed E-state index contributed by atoms with van der Waals surface area (Å²) in [4.78, 5) is 24.4. The summed E-state index contributed by atoms with van der Waals surface area (Å²) in [6.07, 6.45) is 1.97. The lowest BCUT2D eigenvalue weighted by Gasteiger charge is -2.20. The second kappa shape index (κ2) is 5.89. The van der Waals surface area contributed by atoms with Gasteiger partial charge in [0.25, 0.3) is 0 Å². The Bertz CT molecular complexity index is 293. The van der Waals surface area contributed by atoms with Gasteiger partial charge in [-0.15, -0.1) is 0 Å². The summed E-state index contributed by atoms with van der Waals surface area (Å²) >= 11 is 0. The van der Waals surface area contributed by atoms with Crippen LogP contribution in [0.5, 0.6) is 0 Å². The molecule has 17 heavy (non-hydrogen) atoms. The minimum Gasteiger partial charge on any atom is -0.481 e. The van der Waals surface area contributed by atoms with Crippen molar-refractivity contribution in [2.24, 2.45) is 11.8 Å². The van der Waals surface area contributed by atoms with Crippen LogP contribution in [0, 0.1) is 11.8 Å². The Balaban J connectivity index is 2.47. The molecular weight excluding hydrogens is 220 g/mol. The number of likely N-dealkylation sites (tertiary alicyclic amines) is 1. The number of hydrogen-bond acceptors (Lipinski definition) is 2. The van der Waals surface area contributed by atoms with Crippen LogP contribution in [0.15, 0.2) is 0 Å². The van der Waals surface area contributed by atoms with Gasteiger partial charge in [-0.25, -0.2) is 4.79 Å². The molecule has 0 aliphatic carbocycles. The number of nitrogens with zero attached hydrogens (tertiary/aromatic N) is 1. The van der Waals surface area contributed by atoms with Crippen molar-refractivity contribution in [3.05, 3.63) is 0 Å². The van der Waals surface area contributed by atoms with Crippen LogP contribution in [0.25, 0.3) is 0 Å². The second-order valence-electron chi connectivity index (χ2n) is 4.97. The van der Waals surface area contributed by atoms with Crippen molar-refractivity contribution in [3.8, 4) is 0 Å². The molecule has 3 atom stereocenters. The fourth-order valence-corrected chi connectivity index (χ4v) is 2.26. The summed E-state index contributed by atoms with van der Waals surface area (Å²) in [5, 5.41) is 11.9. The SMILES string of the molecule is CCCC(C)NC(=O)N1CC(C)C(C(=O)O)C1. The smallest absolute Gasteiger partial charge is 0.317 e. The van der Waals surface area contributed by atoms with Crippen LogP contribution in [0.2, 0.25) is 0 Å². The third-order valence-electron chi connectivity index (χ3n) is 3.31. The molecule has 0 aromatic carbocycles. The number of hydrogen-bond donors (Lipinski definition) is 2. The summed E-state index contributed by atoms with van der Waals surface area (Å²) in [6, 6.07) is 0.00762. The number of rotatable bonds is 4. The summed E-state index contributed by atoms with van der Waals surface area (Å²) in [5.41, 5.74) is 0. The number of carboxylic acids is 1. The number of amides is 2. The van der Waals surface area contributed by atoms with E-state index in [2.05, 4.69) is 12.2 Å². The van der Waals surface area contributed by atoms with Crippen LogP contribution < -0.4 is 5.32 Å². The number of carbonyl (C=O) groups is 2. The first kappa shape index (κ1) is 13.8. The fraction of sp³-hybridized carbons (Fsp3) is 0.833. The molecular formula is C12H22N2O3. The lowest BCUT2D eigenvalue weighted by Crippen LogP contribution is -2.43. The van der Waals surface area contributed by atoms with Crippen molar-refractivity contribution in [1.29, 1.82) is 0 Å². The van der Waals surface area contributed by atoms with Crippen molar-refractivity contribution >= 4 is 12.0 Å². The molecule has 2 amide bonds. The Morgan fingerprint density at radius 3 is 2.59 bits per heavy atom. The predicted molar refractivity (Wildman–Crippen MR) is 64.8 cm³/mol. The average molecular weight is 242 g/mol. The maximum atomic E-state index is 11.9. The zero-order valence-corrected chi connectivity index (χ0v) is 10.8. The van der Waals surface area contributed by atoms with Gasteiger partial charge < -0.3 is 15.3 Å². The lowest BCUT2D eigenvalue weighted by atomic mass is 9.99. The monoisotopic (exact) mass is 242 g/mol. The number of nitrogens with one attached hydrogen (secondary N) is 1. The lowest BCUT2D eigenvalue weighted by molar-refractivity contribution is -0.142. The first-order chi connectivity index (χ1) is 7.95. The third-order valence-corrected chi connectivity index (χ3v) is 3.31. The van der Waals surface area contributed by atoms with E-state index in [-0.39, 0.29) is 18.0 Å². The zero-order valence-electron chi connectivity index (χ0n) is 10.8. The van der Waals surface area contributed by atoms with E-state index in [9.17, 15) is 9.59 Å². The maximum Gasteiger partial charge on any atom is 0.317 e. The Morgan fingerprint density at radius 1 is 1.47 bits per heavy atom. The number of urea groups is 1. The van der Waals surface area contributed by atoms with Gasteiger partial charge in [-0.1, -0.05) is 20.3 Å². The standard InChI is InChI=1S/C12H22N2O3/c1-4-5-9(3)13-12(17)14-6-8(2)10(7-14)11(15)16/h8-10H,4-7H2,1-3H3,(H,13,17)(H,15,16). The van der Waals surface area contributed by atoms with E-state index in [4.69, 9.17) is 5.11 Å². The first-order valence-electron chi connectivity index (χ1n) is 6.24. The molecule has 5 nitrogen and oxygen atoms in total. The molecule has 0 spiro atoms. The summed E-state index contributed by atoms with van der Waals surface area (Å²) in [5.74, 6) is -1.21. The van der Waals surface area contributed by atoms with Gasteiger partial charge in [0.2, 0.25) is 0 Å². The third kappa shape index (κ3) is 3.61. The van der Waals surface area contributed by atoms with Gasteiger partial charge in [0.15, 0.2) is 0 Å². The van der Waals surface area contributed by atoms with E-state index < -0.39 is 11.9 Å². The predicted octanol–water partition coefficient (Wildman–Crippen LogP) is 1.54. The Labute approximate surface area is 102 Å². The molecule has 0 saturated carbocycles. The van der Waals surface area contributed by atoms with E-state index in [1.807, 2.05) is 13.8 Å². The van der Waals surface area contributed by atoms with Crippen molar-refractivity contribution in [2.45, 2.75) is 39.7 Å². The van der Waals surface area contributed by atoms with Crippen LogP contribution in [0.3, 0.4) is 0 Å². The first-order valence-corrected chi connectivity index (χ1v) is 6.24. The minimum absolute atomic E-state index is 0.0275. The number of aliphatic carboxylic acids is 1. The quantitative estimate of drug-likeness (QED) is 0.785. The van der Waals surface area contributed by atoms with Crippen LogP contribution in [-0.2, 0) is 4.79 Å². The van der Waals surface area contributed by atoms with Crippen LogP contribution in [0.1, 0.15) is 33.6 Å². The highest BCUT2D eigenvalue weighted by Gasteiger charge is 2.37. The van der Waals surface area contributed by atoms with Crippen LogP contribution in [-0.4, -0.2) is 41.1 Å². The van der Waals surface area contributed by atoms with Crippen molar-refractivity contribution < 1.29 is 14.7 Å². The highest BCUT2D eigenvalue weighted by Crippen LogP contribution is 2.23. The molecule has 3 unspecified atom stereocenters. The van der Waals surface area contributed by atoms with Gasteiger partial charge in [-0.05, 0) is 19.3 Å². The van der Waals surface area contributed by atoms with Crippen LogP contribution >= 0.6 is 0 Å². The number of carboxylic acid groups (broad SMARTS) is 1. The molecule has 1 rings (SSSR count). The van der Waals surface area contributed by atoms with E-state index in [0.29, 0.717) is 13.1 Å². The van der Waals surface area contributed by atoms with E-state index in [1.165, 1.54) is 0 Å². The van der Waals surface area contributed by atoms with Crippen molar-refractivity contribution in [3.63, 3.8) is 0 Å². The van der Waals surface area contributed by atoms with E-state index in [1.54, 1.807) is 4.90 Å². The minimum atomic E-state index is -0.811. The molecule has 1 fully saturated rings. The molecule has 0 aromatic rings. The maximum absolute atomic E-state index is 11.9. The fourth-order valence-electron chi connectivity index (χ4n) is 2.26.